The highest BCUT2D eigenvalue weighted by atomic mass is 14.4. The van der Waals surface area contributed by atoms with Gasteiger partial charge in [0.15, 0.2) is 0 Å². The third-order valence-corrected chi connectivity index (χ3v) is 4.32. The van der Waals surface area contributed by atoms with Crippen LogP contribution in [0.5, 0.6) is 0 Å². The lowest BCUT2D eigenvalue weighted by Gasteiger charge is -2.36. The molecule has 2 aliphatic rings. The van der Waals surface area contributed by atoms with Crippen LogP contribution in [0.15, 0.2) is 0 Å². The van der Waals surface area contributed by atoms with Gasteiger partial charge in [0.05, 0.1) is 0 Å². The molecular formula is C13H24. The van der Waals surface area contributed by atoms with E-state index in [1.54, 1.807) is 6.42 Å². The predicted octanol–water partition coefficient (Wildman–Crippen LogP) is 4.54. The lowest BCUT2D eigenvalue weighted by atomic mass is 9.69. The standard InChI is InChI=1S/C13H24/c1-13(11-12-7-6-8-12)9-4-2-3-5-10-13/h12H,2-11H2,1H3. The molecule has 0 aromatic heterocycles. The number of hydrogen-bond donors (Lipinski definition) is 0. The molecule has 0 heterocycles. The highest BCUT2D eigenvalue weighted by Gasteiger charge is 2.30. The van der Waals surface area contributed by atoms with Crippen LogP contribution in [0.4, 0.5) is 0 Å². The van der Waals surface area contributed by atoms with E-state index in [0.29, 0.717) is 0 Å². The SMILES string of the molecule is CC1(CC2CCC2)CCCCCC1. The molecule has 0 radical (unpaired) electrons. The molecule has 0 amide bonds. The summed E-state index contributed by atoms with van der Waals surface area (Å²) in [7, 11) is 0. The smallest absolute Gasteiger partial charge is 0.0323 e. The Bertz CT molecular complexity index is 147. The van der Waals surface area contributed by atoms with Crippen LogP contribution in [0.1, 0.15) is 71.1 Å². The van der Waals surface area contributed by atoms with Crippen molar-refractivity contribution in [1.29, 1.82) is 0 Å². The maximum atomic E-state index is 2.55. The number of hydrogen-bond acceptors (Lipinski definition) is 0. The fourth-order valence-corrected chi connectivity index (χ4v) is 3.18. The summed E-state index contributed by atoms with van der Waals surface area (Å²) in [6.07, 6.45) is 15.2. The fraction of sp³-hybridized carbons (Fsp3) is 1.00. The maximum Gasteiger partial charge on any atom is -0.0323 e. The first-order valence-corrected chi connectivity index (χ1v) is 6.29. The van der Waals surface area contributed by atoms with E-state index in [1.165, 1.54) is 57.8 Å². The van der Waals surface area contributed by atoms with Gasteiger partial charge in [0.2, 0.25) is 0 Å². The van der Waals surface area contributed by atoms with Crippen molar-refractivity contribution in [3.63, 3.8) is 0 Å². The molecule has 0 saturated heterocycles. The van der Waals surface area contributed by atoms with Gasteiger partial charge in [0, 0.05) is 0 Å². The third-order valence-electron chi connectivity index (χ3n) is 4.32. The van der Waals surface area contributed by atoms with Crippen LogP contribution in [0.3, 0.4) is 0 Å². The zero-order valence-electron chi connectivity index (χ0n) is 9.15. The summed E-state index contributed by atoms with van der Waals surface area (Å²) in [6, 6.07) is 0. The van der Waals surface area contributed by atoms with Gasteiger partial charge >= 0.3 is 0 Å². The Kier molecular flexibility index (Phi) is 2.96. The van der Waals surface area contributed by atoms with Crippen LogP contribution in [-0.2, 0) is 0 Å². The van der Waals surface area contributed by atoms with Crippen molar-refractivity contribution in [1.82, 2.24) is 0 Å². The topological polar surface area (TPSA) is 0 Å². The molecular weight excluding hydrogens is 156 g/mol. The summed E-state index contributed by atoms with van der Waals surface area (Å²) in [5, 5.41) is 0. The normalized spacial score (nSPS) is 29.3. The molecule has 0 aliphatic heterocycles. The predicted molar refractivity (Wildman–Crippen MR) is 57.8 cm³/mol. The van der Waals surface area contributed by atoms with Crippen molar-refractivity contribution in [2.45, 2.75) is 71.1 Å². The summed E-state index contributed by atoms with van der Waals surface area (Å²) in [4.78, 5) is 0. The molecule has 76 valence electrons. The van der Waals surface area contributed by atoms with E-state index in [0.717, 1.165) is 11.3 Å². The van der Waals surface area contributed by atoms with Gasteiger partial charge in [-0.3, -0.25) is 0 Å². The van der Waals surface area contributed by atoms with Crippen LogP contribution >= 0.6 is 0 Å². The molecule has 0 bridgehead atoms. The molecule has 13 heavy (non-hydrogen) atoms. The molecule has 2 saturated carbocycles. The highest BCUT2D eigenvalue weighted by Crippen LogP contribution is 2.44. The quantitative estimate of drug-likeness (QED) is 0.547. The minimum Gasteiger partial charge on any atom is -0.0596 e. The Labute approximate surface area is 83.1 Å². The van der Waals surface area contributed by atoms with Crippen LogP contribution in [-0.4, -0.2) is 0 Å². The lowest BCUT2D eigenvalue weighted by Crippen LogP contribution is -2.23. The van der Waals surface area contributed by atoms with Gasteiger partial charge < -0.3 is 0 Å². The monoisotopic (exact) mass is 180 g/mol. The van der Waals surface area contributed by atoms with Gasteiger partial charge in [0.1, 0.15) is 0 Å². The summed E-state index contributed by atoms with van der Waals surface area (Å²) >= 11 is 0. The molecule has 0 spiro atoms. The highest BCUT2D eigenvalue weighted by molar-refractivity contribution is 4.83. The molecule has 0 unspecified atom stereocenters. The minimum atomic E-state index is 0.738. The van der Waals surface area contributed by atoms with Crippen molar-refractivity contribution in [3.8, 4) is 0 Å². The molecule has 2 aliphatic carbocycles. The molecule has 0 nitrogen and oxygen atoms in total. The summed E-state index contributed by atoms with van der Waals surface area (Å²) < 4.78 is 0. The van der Waals surface area contributed by atoms with E-state index >= 15 is 0 Å². The van der Waals surface area contributed by atoms with Crippen molar-refractivity contribution in [2.24, 2.45) is 11.3 Å². The zero-order chi connectivity index (χ0) is 9.15. The average molecular weight is 180 g/mol. The molecule has 2 rings (SSSR count). The Morgan fingerprint density at radius 2 is 1.54 bits per heavy atom. The fourth-order valence-electron chi connectivity index (χ4n) is 3.18. The molecule has 0 aromatic rings. The van der Waals surface area contributed by atoms with Crippen molar-refractivity contribution in [2.75, 3.05) is 0 Å². The first kappa shape index (κ1) is 9.55. The van der Waals surface area contributed by atoms with E-state index in [-0.39, 0.29) is 0 Å². The summed E-state index contributed by atoms with van der Waals surface area (Å²) in [5.74, 6) is 1.11. The first-order chi connectivity index (χ1) is 6.29. The first-order valence-electron chi connectivity index (χ1n) is 6.29. The molecule has 2 fully saturated rings. The Morgan fingerprint density at radius 3 is 2.00 bits per heavy atom. The van der Waals surface area contributed by atoms with Crippen molar-refractivity contribution in [3.05, 3.63) is 0 Å². The summed E-state index contributed by atoms with van der Waals surface area (Å²) in [6.45, 7) is 2.55. The maximum absolute atomic E-state index is 2.55. The average Bonchev–Trinajstić information content (AvgIpc) is 2.24. The van der Waals surface area contributed by atoms with Gasteiger partial charge in [-0.2, -0.15) is 0 Å². The lowest BCUT2D eigenvalue weighted by molar-refractivity contribution is 0.156. The van der Waals surface area contributed by atoms with Gasteiger partial charge in [-0.05, 0) is 30.6 Å². The van der Waals surface area contributed by atoms with Crippen LogP contribution in [0.2, 0.25) is 0 Å². The Morgan fingerprint density at radius 1 is 0.923 bits per heavy atom. The van der Waals surface area contributed by atoms with E-state index < -0.39 is 0 Å². The van der Waals surface area contributed by atoms with Gasteiger partial charge in [-0.15, -0.1) is 0 Å². The second-order valence-corrected chi connectivity index (χ2v) is 5.73. The van der Waals surface area contributed by atoms with Crippen LogP contribution < -0.4 is 0 Å². The van der Waals surface area contributed by atoms with Crippen LogP contribution in [0, 0.1) is 11.3 Å². The molecule has 0 heteroatoms. The van der Waals surface area contributed by atoms with E-state index in [9.17, 15) is 0 Å². The van der Waals surface area contributed by atoms with Crippen molar-refractivity contribution >= 4 is 0 Å². The van der Waals surface area contributed by atoms with E-state index in [1.807, 2.05) is 0 Å². The summed E-state index contributed by atoms with van der Waals surface area (Å²) in [5.41, 5.74) is 0.738. The Hall–Kier alpha value is 0. The molecule has 0 aromatic carbocycles. The second-order valence-electron chi connectivity index (χ2n) is 5.73. The van der Waals surface area contributed by atoms with Crippen LogP contribution in [0.25, 0.3) is 0 Å². The number of rotatable bonds is 2. The largest absolute Gasteiger partial charge is 0.0596 e. The van der Waals surface area contributed by atoms with Gasteiger partial charge in [-0.25, -0.2) is 0 Å². The van der Waals surface area contributed by atoms with Gasteiger partial charge in [0.25, 0.3) is 0 Å². The van der Waals surface area contributed by atoms with E-state index in [4.69, 9.17) is 0 Å². The van der Waals surface area contributed by atoms with Gasteiger partial charge in [-0.1, -0.05) is 51.9 Å². The van der Waals surface area contributed by atoms with E-state index in [2.05, 4.69) is 6.92 Å². The Balaban J connectivity index is 1.84. The minimum absolute atomic E-state index is 0.738. The second kappa shape index (κ2) is 4.02. The van der Waals surface area contributed by atoms with Crippen molar-refractivity contribution < 1.29 is 0 Å². The zero-order valence-corrected chi connectivity index (χ0v) is 9.15. The molecule has 0 atom stereocenters. The third kappa shape index (κ3) is 2.48. The molecule has 0 N–H and O–H groups in total.